The van der Waals surface area contributed by atoms with Crippen molar-refractivity contribution in [2.24, 2.45) is 0 Å². The molecule has 1 amide bonds. The van der Waals surface area contributed by atoms with Crippen molar-refractivity contribution in [1.29, 1.82) is 0 Å². The molecule has 0 bridgehead atoms. The van der Waals surface area contributed by atoms with Crippen molar-refractivity contribution in [2.75, 3.05) is 13.7 Å². The number of carbonyl (C=O) groups is 3. The zero-order chi connectivity index (χ0) is 23.4. The largest absolute Gasteiger partial charge is 0.464 e. The lowest BCUT2D eigenvalue weighted by Crippen LogP contribution is -2.35. The van der Waals surface area contributed by atoms with Gasteiger partial charge in [-0.25, -0.2) is 13.6 Å². The van der Waals surface area contributed by atoms with Crippen molar-refractivity contribution in [3.05, 3.63) is 93.8 Å². The van der Waals surface area contributed by atoms with E-state index >= 15 is 0 Å². The number of hydrogen-bond donors (Lipinski definition) is 1. The van der Waals surface area contributed by atoms with Crippen LogP contribution >= 0.6 is 0 Å². The highest BCUT2D eigenvalue weighted by Crippen LogP contribution is 2.21. The summed E-state index contributed by atoms with van der Waals surface area (Å²) in [6.07, 6.45) is 0. The minimum atomic E-state index is -0.608. The number of aromatic amines is 1. The fraction of sp³-hybridized carbons (Fsp3) is 0.208. The lowest BCUT2D eigenvalue weighted by atomic mass is 10.0. The van der Waals surface area contributed by atoms with E-state index in [1.54, 1.807) is 13.8 Å². The van der Waals surface area contributed by atoms with Gasteiger partial charge in [0, 0.05) is 23.4 Å². The molecule has 0 atom stereocenters. The Balaban J connectivity index is 1.94. The van der Waals surface area contributed by atoms with Crippen molar-refractivity contribution in [2.45, 2.75) is 20.4 Å². The van der Waals surface area contributed by atoms with Crippen molar-refractivity contribution < 1.29 is 27.9 Å². The first kappa shape index (κ1) is 22.9. The zero-order valence-electron chi connectivity index (χ0n) is 17.9. The summed E-state index contributed by atoms with van der Waals surface area (Å²) in [5.41, 5.74) is 2.00. The van der Waals surface area contributed by atoms with Gasteiger partial charge in [-0.2, -0.15) is 0 Å². The number of amides is 1. The average Bonchev–Trinajstić information content (AvgIpc) is 3.07. The van der Waals surface area contributed by atoms with Crippen molar-refractivity contribution >= 4 is 17.7 Å². The summed E-state index contributed by atoms with van der Waals surface area (Å²) in [6, 6.07) is 10.7. The minimum Gasteiger partial charge on any atom is -0.464 e. The highest BCUT2D eigenvalue weighted by molar-refractivity contribution is 6.05. The molecule has 0 fully saturated rings. The summed E-state index contributed by atoms with van der Waals surface area (Å²) in [5.74, 6) is -2.58. The fourth-order valence-electron chi connectivity index (χ4n) is 3.54. The van der Waals surface area contributed by atoms with E-state index in [-0.39, 0.29) is 29.9 Å². The number of benzene rings is 2. The lowest BCUT2D eigenvalue weighted by molar-refractivity contribution is 0.0593. The Hall–Kier alpha value is -3.81. The third kappa shape index (κ3) is 4.91. The Morgan fingerprint density at radius 1 is 1.00 bits per heavy atom. The van der Waals surface area contributed by atoms with E-state index in [1.165, 1.54) is 54.5 Å². The number of rotatable bonds is 7. The van der Waals surface area contributed by atoms with Crippen LogP contribution in [0.15, 0.2) is 48.5 Å². The van der Waals surface area contributed by atoms with Gasteiger partial charge in [-0.05, 0) is 55.3 Å². The van der Waals surface area contributed by atoms with Gasteiger partial charge in [0.05, 0.1) is 13.7 Å². The molecule has 0 spiro atoms. The van der Waals surface area contributed by atoms with Gasteiger partial charge in [-0.1, -0.05) is 18.2 Å². The molecular weight excluding hydrogens is 418 g/mol. The number of methoxy groups -OCH3 is 1. The summed E-state index contributed by atoms with van der Waals surface area (Å²) in [4.78, 5) is 42.3. The van der Waals surface area contributed by atoms with E-state index in [4.69, 9.17) is 4.74 Å². The van der Waals surface area contributed by atoms with Crippen LogP contribution in [0.2, 0.25) is 0 Å². The number of halogens is 2. The number of nitrogens with zero attached hydrogens (tertiary/aromatic N) is 1. The highest BCUT2D eigenvalue weighted by Gasteiger charge is 2.26. The number of carbonyl (C=O) groups excluding carboxylic acids is 3. The van der Waals surface area contributed by atoms with Crippen LogP contribution in [0.5, 0.6) is 0 Å². The number of hydrogen-bond acceptors (Lipinski definition) is 4. The molecule has 0 saturated carbocycles. The summed E-state index contributed by atoms with van der Waals surface area (Å²) in [7, 11) is 1.24. The van der Waals surface area contributed by atoms with Crippen LogP contribution in [0.4, 0.5) is 8.78 Å². The Kier molecular flexibility index (Phi) is 6.82. The van der Waals surface area contributed by atoms with Crippen LogP contribution in [0, 0.1) is 25.5 Å². The Morgan fingerprint density at radius 2 is 1.69 bits per heavy atom. The molecule has 32 heavy (non-hydrogen) atoms. The van der Waals surface area contributed by atoms with Gasteiger partial charge in [-0.15, -0.1) is 0 Å². The molecule has 0 aliphatic carbocycles. The number of Topliss-reactive ketones (excluding diaryl/α,β-unsaturated/α-hetero) is 1. The number of H-pyrrole nitrogens is 1. The van der Waals surface area contributed by atoms with Crippen molar-refractivity contribution in [1.82, 2.24) is 9.88 Å². The van der Waals surface area contributed by atoms with Crippen LogP contribution in [0.1, 0.15) is 48.0 Å². The molecule has 0 aliphatic heterocycles. The van der Waals surface area contributed by atoms with Crippen molar-refractivity contribution in [3.8, 4) is 0 Å². The maximum absolute atomic E-state index is 13.7. The van der Waals surface area contributed by atoms with Gasteiger partial charge in [0.15, 0.2) is 5.78 Å². The molecule has 8 heteroatoms. The second-order valence-electron chi connectivity index (χ2n) is 7.34. The number of aryl methyl sites for hydroxylation is 1. The zero-order valence-corrected chi connectivity index (χ0v) is 17.9. The molecule has 3 rings (SSSR count). The highest BCUT2D eigenvalue weighted by atomic mass is 19.1. The maximum Gasteiger partial charge on any atom is 0.354 e. The second-order valence-corrected chi connectivity index (χ2v) is 7.34. The molecule has 1 heterocycles. The van der Waals surface area contributed by atoms with Gasteiger partial charge in [0.1, 0.15) is 17.3 Å². The number of esters is 1. The van der Waals surface area contributed by atoms with Crippen LogP contribution in [0.3, 0.4) is 0 Å². The summed E-state index contributed by atoms with van der Waals surface area (Å²) in [5, 5.41) is 0. The maximum atomic E-state index is 13.7. The SMILES string of the molecule is COC(=O)c1[nH]c(C)c(C(=O)CN(Cc2ccc(F)cc2)C(=O)c2cccc(F)c2)c1C. The standard InChI is InChI=1S/C24H22F2N2O4/c1-14-21(15(2)27-22(14)24(31)32-3)20(29)13-28(12-16-7-9-18(25)10-8-16)23(30)17-5-4-6-19(26)11-17/h4-11,27H,12-13H2,1-3H3. The van der Waals surface area contributed by atoms with Gasteiger partial charge >= 0.3 is 5.97 Å². The average molecular weight is 440 g/mol. The number of ketones is 1. The van der Waals surface area contributed by atoms with E-state index in [1.807, 2.05) is 0 Å². The second kappa shape index (κ2) is 9.55. The molecule has 2 aromatic carbocycles. The van der Waals surface area contributed by atoms with Gasteiger partial charge < -0.3 is 14.6 Å². The summed E-state index contributed by atoms with van der Waals surface area (Å²) >= 11 is 0. The molecule has 6 nitrogen and oxygen atoms in total. The van der Waals surface area contributed by atoms with E-state index in [0.717, 1.165) is 6.07 Å². The fourth-order valence-corrected chi connectivity index (χ4v) is 3.54. The van der Waals surface area contributed by atoms with Crippen LogP contribution < -0.4 is 0 Å². The number of aromatic nitrogens is 1. The monoisotopic (exact) mass is 440 g/mol. The van der Waals surface area contributed by atoms with Crippen LogP contribution in [0.25, 0.3) is 0 Å². The van der Waals surface area contributed by atoms with Crippen LogP contribution in [-0.4, -0.2) is 41.2 Å². The number of nitrogens with one attached hydrogen (secondary N) is 1. The van der Waals surface area contributed by atoms with E-state index in [0.29, 0.717) is 16.8 Å². The van der Waals surface area contributed by atoms with E-state index in [9.17, 15) is 23.2 Å². The van der Waals surface area contributed by atoms with Gasteiger partial charge in [-0.3, -0.25) is 9.59 Å². The molecule has 1 aromatic heterocycles. The Bertz CT molecular complexity index is 1170. The molecule has 0 saturated heterocycles. The first-order valence-corrected chi connectivity index (χ1v) is 9.81. The normalized spacial score (nSPS) is 10.7. The summed E-state index contributed by atoms with van der Waals surface area (Å²) < 4.78 is 31.7. The quantitative estimate of drug-likeness (QED) is 0.441. The molecule has 0 aliphatic rings. The first-order chi connectivity index (χ1) is 15.2. The van der Waals surface area contributed by atoms with E-state index < -0.39 is 29.3 Å². The molecule has 0 unspecified atom stereocenters. The predicted octanol–water partition coefficient (Wildman–Crippen LogP) is 4.22. The smallest absolute Gasteiger partial charge is 0.354 e. The Labute approximate surface area is 183 Å². The third-order valence-electron chi connectivity index (χ3n) is 5.09. The first-order valence-electron chi connectivity index (χ1n) is 9.81. The summed E-state index contributed by atoms with van der Waals surface area (Å²) in [6.45, 7) is 2.94. The van der Waals surface area contributed by atoms with Crippen molar-refractivity contribution in [3.63, 3.8) is 0 Å². The van der Waals surface area contributed by atoms with Crippen LogP contribution in [-0.2, 0) is 11.3 Å². The molecule has 1 N–H and O–H groups in total. The topological polar surface area (TPSA) is 79.5 Å². The Morgan fingerprint density at radius 3 is 2.31 bits per heavy atom. The number of ether oxygens (including phenoxy) is 1. The predicted molar refractivity (Wildman–Crippen MR) is 113 cm³/mol. The lowest BCUT2D eigenvalue weighted by Gasteiger charge is -2.22. The molecule has 0 radical (unpaired) electrons. The molecule has 3 aromatic rings. The van der Waals surface area contributed by atoms with Gasteiger partial charge in [0.2, 0.25) is 0 Å². The molecule has 166 valence electrons. The third-order valence-corrected chi connectivity index (χ3v) is 5.09. The van der Waals surface area contributed by atoms with Gasteiger partial charge in [0.25, 0.3) is 5.91 Å². The van der Waals surface area contributed by atoms with E-state index in [2.05, 4.69) is 4.98 Å². The minimum absolute atomic E-state index is 0.00768. The molecular formula is C24H22F2N2O4.